The molecule has 55 heavy (non-hydrogen) atoms. The summed E-state index contributed by atoms with van der Waals surface area (Å²) in [6.45, 7) is 6.96. The molecule has 0 fully saturated rings. The molecule has 0 heterocycles. The topological polar surface area (TPSA) is 9.23 Å². The Morgan fingerprint density at radius 2 is 0.345 bits per heavy atom. The van der Waals surface area contributed by atoms with Crippen LogP contribution in [0.3, 0.4) is 0 Å². The van der Waals surface area contributed by atoms with Crippen LogP contribution in [0, 0.1) is 0 Å². The highest BCUT2D eigenvalue weighted by Gasteiger charge is 2.27. The van der Waals surface area contributed by atoms with Gasteiger partial charge in [-0.25, -0.2) is 0 Å². The van der Waals surface area contributed by atoms with Crippen LogP contribution < -0.4 is 0 Å². The van der Waals surface area contributed by atoms with Crippen LogP contribution in [-0.4, -0.2) is 16.1 Å². The minimum absolute atomic E-state index is 0.218. The normalized spacial score (nSPS) is 12.1. The third-order valence-electron chi connectivity index (χ3n) is 13.4. The van der Waals surface area contributed by atoms with E-state index in [-0.39, 0.29) is 5.60 Å². The van der Waals surface area contributed by atoms with Gasteiger partial charge in [0.1, 0.15) is 10.5 Å². The molecule has 0 aliphatic rings. The van der Waals surface area contributed by atoms with E-state index >= 15 is 0 Å². The average Bonchev–Trinajstić information content (AvgIpc) is 3.20. The Kier molecular flexibility index (Phi) is 48.7. The molecule has 0 aliphatic carbocycles. The van der Waals surface area contributed by atoms with Crippen molar-refractivity contribution in [3.05, 3.63) is 0 Å². The summed E-state index contributed by atoms with van der Waals surface area (Å²) in [5.41, 5.74) is 0.218. The van der Waals surface area contributed by atoms with E-state index in [1.54, 1.807) is 0 Å². The Labute approximate surface area is 354 Å². The summed E-state index contributed by atoms with van der Waals surface area (Å²) < 4.78 is 6.64. The highest BCUT2D eigenvalue weighted by atomic mass is 28.2. The number of rotatable bonds is 50. The molecule has 0 aromatic heterocycles. The van der Waals surface area contributed by atoms with Gasteiger partial charge in [0, 0.05) is 0 Å². The molecule has 0 atom stereocenters. The number of hydrogen-bond donors (Lipinski definition) is 0. The molecule has 0 spiro atoms. The van der Waals surface area contributed by atoms with Crippen LogP contribution >= 0.6 is 0 Å². The molecule has 0 unspecified atom stereocenters. The van der Waals surface area contributed by atoms with Gasteiger partial charge in [0.25, 0.3) is 0 Å². The van der Waals surface area contributed by atoms with E-state index in [0.717, 1.165) is 10.5 Å². The first-order valence-electron chi connectivity index (χ1n) is 26.8. The first kappa shape index (κ1) is 55.2. The maximum atomic E-state index is 6.64. The van der Waals surface area contributed by atoms with Crippen LogP contribution in [0.1, 0.15) is 335 Å². The molecule has 0 bridgehead atoms. The van der Waals surface area contributed by atoms with Crippen molar-refractivity contribution in [3.63, 3.8) is 0 Å². The molecule has 0 aromatic carbocycles. The molecule has 0 aromatic rings. The molecule has 2 heteroatoms. The first-order valence-corrected chi connectivity index (χ1v) is 27.6. The van der Waals surface area contributed by atoms with Crippen LogP contribution in [0.25, 0.3) is 0 Å². The molecule has 0 amide bonds. The van der Waals surface area contributed by atoms with Gasteiger partial charge >= 0.3 is 0 Å². The zero-order chi connectivity index (χ0) is 39.9. The first-order chi connectivity index (χ1) is 27.2. The third-order valence-corrected chi connectivity index (χ3v) is 14.3. The average molecular weight is 792 g/mol. The lowest BCUT2D eigenvalue weighted by molar-refractivity contribution is 0.0422. The van der Waals surface area contributed by atoms with E-state index in [0.29, 0.717) is 0 Å². The quantitative estimate of drug-likeness (QED) is 0.0440. The molecule has 0 aliphatic heterocycles. The van der Waals surface area contributed by atoms with Crippen molar-refractivity contribution in [1.29, 1.82) is 0 Å². The Morgan fingerprint density at radius 3 is 0.473 bits per heavy atom. The summed E-state index contributed by atoms with van der Waals surface area (Å²) in [4.78, 5) is 0. The Bertz CT molecular complexity index is 629. The van der Waals surface area contributed by atoms with Gasteiger partial charge in [-0.05, 0) is 19.3 Å². The van der Waals surface area contributed by atoms with Gasteiger partial charge in [-0.1, -0.05) is 316 Å². The van der Waals surface area contributed by atoms with Crippen LogP contribution in [0.4, 0.5) is 0 Å². The van der Waals surface area contributed by atoms with Crippen LogP contribution in [0.15, 0.2) is 0 Å². The summed E-state index contributed by atoms with van der Waals surface area (Å²) in [6, 6.07) is 0. The lowest BCUT2D eigenvalue weighted by Gasteiger charge is -2.34. The molecular weight excluding hydrogens is 681 g/mol. The predicted molar refractivity (Wildman–Crippen MR) is 257 cm³/mol. The second-order valence-corrected chi connectivity index (χ2v) is 19.2. The highest BCUT2D eigenvalue weighted by Crippen LogP contribution is 2.32. The SMILES string of the molecule is CCCCCCCCCCCCCCCCCCC(CCCCCCCCCCCCCCCCC)(CCCCCCCCCCCCCCCCC)O[SiH3]. The van der Waals surface area contributed by atoms with E-state index in [2.05, 4.69) is 20.8 Å². The van der Waals surface area contributed by atoms with Gasteiger partial charge in [0.15, 0.2) is 0 Å². The summed E-state index contributed by atoms with van der Waals surface area (Å²) in [5, 5.41) is 0. The van der Waals surface area contributed by atoms with E-state index < -0.39 is 0 Å². The molecule has 0 saturated heterocycles. The second kappa shape index (κ2) is 48.5. The van der Waals surface area contributed by atoms with Gasteiger partial charge in [0.05, 0.1) is 5.60 Å². The van der Waals surface area contributed by atoms with Crippen molar-refractivity contribution in [2.24, 2.45) is 0 Å². The van der Waals surface area contributed by atoms with Crippen molar-refractivity contribution in [3.8, 4) is 0 Å². The van der Waals surface area contributed by atoms with E-state index in [9.17, 15) is 0 Å². The van der Waals surface area contributed by atoms with Crippen LogP contribution in [0.5, 0.6) is 0 Å². The Hall–Kier alpha value is 0.177. The van der Waals surface area contributed by atoms with Crippen molar-refractivity contribution in [1.82, 2.24) is 0 Å². The summed E-state index contributed by atoms with van der Waals surface area (Å²) in [6.07, 6.45) is 71.0. The lowest BCUT2D eigenvalue weighted by Crippen LogP contribution is -2.32. The lowest BCUT2D eigenvalue weighted by atomic mass is 9.85. The van der Waals surface area contributed by atoms with Crippen molar-refractivity contribution >= 4 is 10.5 Å². The third kappa shape index (κ3) is 43.6. The Morgan fingerprint density at radius 1 is 0.218 bits per heavy atom. The standard InChI is InChI=1S/C53H110OSi/c1-4-7-10-13-16-19-22-25-28-31-34-37-40-43-46-49-52-53(54-55,50-47-44-41-38-35-32-29-26-23-20-17-14-11-8-5-2)51-48-45-42-39-36-33-30-27-24-21-18-15-12-9-6-3/h4-52H2,1-3,55H3. The maximum Gasteiger partial charge on any atom is 0.146 e. The predicted octanol–water partition coefficient (Wildman–Crippen LogP) is 19.2. The molecule has 1 nitrogen and oxygen atoms in total. The smallest absolute Gasteiger partial charge is 0.146 e. The minimum Gasteiger partial charge on any atom is -0.422 e. The Balaban J connectivity index is 4.20. The number of hydrogen-bond acceptors (Lipinski definition) is 1. The fraction of sp³-hybridized carbons (Fsp3) is 1.00. The van der Waals surface area contributed by atoms with Gasteiger partial charge in [0.2, 0.25) is 0 Å². The van der Waals surface area contributed by atoms with Gasteiger partial charge in [-0.15, -0.1) is 0 Å². The van der Waals surface area contributed by atoms with Gasteiger partial charge in [-0.2, -0.15) is 0 Å². The maximum absolute atomic E-state index is 6.64. The van der Waals surface area contributed by atoms with Gasteiger partial charge in [-0.3, -0.25) is 0 Å². The van der Waals surface area contributed by atoms with Crippen molar-refractivity contribution < 1.29 is 4.43 Å². The summed E-state index contributed by atoms with van der Waals surface area (Å²) in [7, 11) is 0.909. The fourth-order valence-corrected chi connectivity index (χ4v) is 9.93. The monoisotopic (exact) mass is 791 g/mol. The highest BCUT2D eigenvalue weighted by molar-refractivity contribution is 5.98. The molecule has 0 radical (unpaired) electrons. The van der Waals surface area contributed by atoms with Crippen molar-refractivity contribution in [2.45, 2.75) is 341 Å². The zero-order valence-corrected chi connectivity index (χ0v) is 41.6. The molecule has 0 N–H and O–H groups in total. The molecular formula is C53H110OSi. The van der Waals surface area contributed by atoms with E-state index in [4.69, 9.17) is 4.43 Å². The molecule has 332 valence electrons. The number of unbranched alkanes of at least 4 members (excludes halogenated alkanes) is 43. The minimum atomic E-state index is 0.218. The fourth-order valence-electron chi connectivity index (χ4n) is 9.31. The van der Waals surface area contributed by atoms with E-state index in [1.807, 2.05) is 0 Å². The van der Waals surface area contributed by atoms with Crippen LogP contribution in [-0.2, 0) is 4.43 Å². The molecule has 0 rings (SSSR count). The largest absolute Gasteiger partial charge is 0.422 e. The van der Waals surface area contributed by atoms with Crippen LogP contribution in [0.2, 0.25) is 0 Å². The van der Waals surface area contributed by atoms with Crippen molar-refractivity contribution in [2.75, 3.05) is 0 Å². The second-order valence-electron chi connectivity index (χ2n) is 18.8. The summed E-state index contributed by atoms with van der Waals surface area (Å²) >= 11 is 0. The van der Waals surface area contributed by atoms with Gasteiger partial charge < -0.3 is 4.43 Å². The van der Waals surface area contributed by atoms with E-state index in [1.165, 1.54) is 315 Å². The zero-order valence-electron chi connectivity index (χ0n) is 39.6. The molecule has 0 saturated carbocycles. The summed E-state index contributed by atoms with van der Waals surface area (Å²) in [5.74, 6) is 0.